The summed E-state index contributed by atoms with van der Waals surface area (Å²) in [4.78, 5) is 14.0. The summed E-state index contributed by atoms with van der Waals surface area (Å²) < 4.78 is 18.1. The Balaban J connectivity index is 1.48. The van der Waals surface area contributed by atoms with E-state index in [9.17, 15) is 9.18 Å². The van der Waals surface area contributed by atoms with Crippen molar-refractivity contribution in [2.75, 3.05) is 18.4 Å². The molecule has 1 aliphatic rings. The Hall–Kier alpha value is -2.56. The van der Waals surface area contributed by atoms with E-state index >= 15 is 0 Å². The SMILES string of the molecule is O=C(/C=C/c1ccco1)N1CCC(Nc2ccc(F)cc2)CC1. The first-order valence-corrected chi connectivity index (χ1v) is 7.73. The van der Waals surface area contributed by atoms with E-state index < -0.39 is 0 Å². The third kappa shape index (κ3) is 4.22. The first-order valence-electron chi connectivity index (χ1n) is 7.73. The molecule has 4 nitrogen and oxygen atoms in total. The van der Waals surface area contributed by atoms with Crippen molar-refractivity contribution >= 4 is 17.7 Å². The molecule has 0 saturated carbocycles. The number of benzene rings is 1. The van der Waals surface area contributed by atoms with Crippen molar-refractivity contribution in [3.05, 3.63) is 60.3 Å². The smallest absolute Gasteiger partial charge is 0.246 e. The van der Waals surface area contributed by atoms with Gasteiger partial charge in [0.2, 0.25) is 5.91 Å². The molecule has 2 aromatic rings. The number of amides is 1. The van der Waals surface area contributed by atoms with Gasteiger partial charge in [0.25, 0.3) is 0 Å². The summed E-state index contributed by atoms with van der Waals surface area (Å²) in [5.41, 5.74) is 0.911. The third-order valence-corrected chi connectivity index (χ3v) is 3.96. The van der Waals surface area contributed by atoms with Crippen molar-refractivity contribution in [1.82, 2.24) is 4.90 Å². The standard InChI is InChI=1S/C18H19FN2O2/c19-14-3-5-15(6-4-14)20-16-9-11-21(12-10-16)18(22)8-7-17-2-1-13-23-17/h1-8,13,16,20H,9-12H2/b8-7+. The minimum Gasteiger partial charge on any atom is -0.465 e. The van der Waals surface area contributed by atoms with Crippen LogP contribution in [0.3, 0.4) is 0 Å². The lowest BCUT2D eigenvalue weighted by molar-refractivity contribution is -0.126. The first-order chi connectivity index (χ1) is 11.2. The topological polar surface area (TPSA) is 45.5 Å². The van der Waals surface area contributed by atoms with E-state index in [1.807, 2.05) is 11.0 Å². The lowest BCUT2D eigenvalue weighted by Crippen LogP contribution is -2.41. The highest BCUT2D eigenvalue weighted by Gasteiger charge is 2.21. The Morgan fingerprint density at radius 1 is 1.22 bits per heavy atom. The minimum absolute atomic E-state index is 0.00151. The Bertz CT molecular complexity index is 657. The second-order valence-electron chi connectivity index (χ2n) is 5.60. The quantitative estimate of drug-likeness (QED) is 0.878. The largest absolute Gasteiger partial charge is 0.465 e. The first kappa shape index (κ1) is 15.3. The monoisotopic (exact) mass is 314 g/mol. The Labute approximate surface area is 134 Å². The molecule has 5 heteroatoms. The molecule has 0 atom stereocenters. The van der Waals surface area contributed by atoms with Crippen molar-refractivity contribution in [2.45, 2.75) is 18.9 Å². The molecule has 2 heterocycles. The molecule has 1 N–H and O–H groups in total. The summed E-state index contributed by atoms with van der Waals surface area (Å²) in [5.74, 6) is 0.437. The molecule has 0 spiro atoms. The fourth-order valence-electron chi connectivity index (χ4n) is 2.67. The maximum Gasteiger partial charge on any atom is 0.246 e. The molecule has 3 rings (SSSR count). The van der Waals surface area contributed by atoms with Crippen LogP contribution in [0.4, 0.5) is 10.1 Å². The molecular weight excluding hydrogens is 295 g/mol. The van der Waals surface area contributed by atoms with Crippen LogP contribution in [0.5, 0.6) is 0 Å². The van der Waals surface area contributed by atoms with Gasteiger partial charge < -0.3 is 14.6 Å². The number of anilines is 1. The number of piperidine rings is 1. The third-order valence-electron chi connectivity index (χ3n) is 3.96. The number of carbonyl (C=O) groups excluding carboxylic acids is 1. The molecule has 1 aliphatic heterocycles. The lowest BCUT2D eigenvalue weighted by atomic mass is 10.0. The van der Waals surface area contributed by atoms with E-state index in [1.165, 1.54) is 12.1 Å². The molecule has 1 amide bonds. The van der Waals surface area contributed by atoms with Crippen LogP contribution < -0.4 is 5.32 Å². The van der Waals surface area contributed by atoms with Crippen LogP contribution in [0.15, 0.2) is 53.2 Å². The molecule has 0 radical (unpaired) electrons. The molecule has 120 valence electrons. The van der Waals surface area contributed by atoms with E-state index in [0.717, 1.165) is 18.5 Å². The number of nitrogens with one attached hydrogen (secondary N) is 1. The fraction of sp³-hybridized carbons (Fsp3) is 0.278. The highest BCUT2D eigenvalue weighted by atomic mass is 19.1. The Kier molecular flexibility index (Phi) is 4.76. The van der Waals surface area contributed by atoms with Crippen LogP contribution in [-0.4, -0.2) is 29.9 Å². The number of hydrogen-bond donors (Lipinski definition) is 1. The molecule has 23 heavy (non-hydrogen) atoms. The summed E-state index contributed by atoms with van der Waals surface area (Å²) >= 11 is 0. The number of furan rings is 1. The molecule has 0 unspecified atom stereocenters. The van der Waals surface area contributed by atoms with Gasteiger partial charge in [-0.2, -0.15) is 0 Å². The minimum atomic E-state index is -0.237. The summed E-state index contributed by atoms with van der Waals surface area (Å²) in [6, 6.07) is 10.3. The van der Waals surface area contributed by atoms with E-state index in [1.54, 1.807) is 36.6 Å². The highest BCUT2D eigenvalue weighted by Crippen LogP contribution is 2.17. The molecule has 0 aliphatic carbocycles. The fourth-order valence-corrected chi connectivity index (χ4v) is 2.67. The van der Waals surface area contributed by atoms with Crippen LogP contribution in [-0.2, 0) is 4.79 Å². The lowest BCUT2D eigenvalue weighted by Gasteiger charge is -2.32. The van der Waals surface area contributed by atoms with Crippen LogP contribution in [0, 0.1) is 5.82 Å². The predicted molar refractivity (Wildman–Crippen MR) is 87.4 cm³/mol. The van der Waals surface area contributed by atoms with Gasteiger partial charge in [0.05, 0.1) is 6.26 Å². The van der Waals surface area contributed by atoms with Gasteiger partial charge in [-0.3, -0.25) is 4.79 Å². The number of likely N-dealkylation sites (tertiary alicyclic amines) is 1. The Morgan fingerprint density at radius 3 is 2.61 bits per heavy atom. The molecular formula is C18H19FN2O2. The van der Waals surface area contributed by atoms with Crippen LogP contribution >= 0.6 is 0 Å². The van der Waals surface area contributed by atoms with Gasteiger partial charge in [0.15, 0.2) is 0 Å². The number of rotatable bonds is 4. The van der Waals surface area contributed by atoms with Crippen molar-refractivity contribution < 1.29 is 13.6 Å². The number of halogens is 1. The second kappa shape index (κ2) is 7.13. The van der Waals surface area contributed by atoms with Crippen molar-refractivity contribution in [2.24, 2.45) is 0 Å². The highest BCUT2D eigenvalue weighted by molar-refractivity contribution is 5.91. The molecule has 1 saturated heterocycles. The summed E-state index contributed by atoms with van der Waals surface area (Å²) in [6.45, 7) is 1.42. The van der Waals surface area contributed by atoms with Gasteiger partial charge in [-0.05, 0) is 55.3 Å². The molecule has 1 aromatic carbocycles. The van der Waals surface area contributed by atoms with Gasteiger partial charge in [0, 0.05) is 30.9 Å². The van der Waals surface area contributed by atoms with Gasteiger partial charge in [0.1, 0.15) is 11.6 Å². The van der Waals surface area contributed by atoms with Gasteiger partial charge in [-0.25, -0.2) is 4.39 Å². The molecule has 1 aromatic heterocycles. The van der Waals surface area contributed by atoms with Crippen molar-refractivity contribution in [1.29, 1.82) is 0 Å². The predicted octanol–water partition coefficient (Wildman–Crippen LogP) is 3.54. The maximum atomic E-state index is 12.9. The summed E-state index contributed by atoms with van der Waals surface area (Å²) in [7, 11) is 0. The van der Waals surface area contributed by atoms with Gasteiger partial charge >= 0.3 is 0 Å². The van der Waals surface area contributed by atoms with E-state index in [4.69, 9.17) is 4.42 Å². The van der Waals surface area contributed by atoms with E-state index in [-0.39, 0.29) is 11.7 Å². The molecule has 1 fully saturated rings. The molecule has 0 bridgehead atoms. The summed E-state index contributed by atoms with van der Waals surface area (Å²) in [6.07, 6.45) is 6.56. The second-order valence-corrected chi connectivity index (χ2v) is 5.60. The zero-order chi connectivity index (χ0) is 16.1. The summed E-state index contributed by atoms with van der Waals surface area (Å²) in [5, 5.41) is 3.38. The van der Waals surface area contributed by atoms with Gasteiger partial charge in [-0.1, -0.05) is 0 Å². The average Bonchev–Trinajstić information content (AvgIpc) is 3.09. The Morgan fingerprint density at radius 2 is 1.96 bits per heavy atom. The number of hydrogen-bond acceptors (Lipinski definition) is 3. The normalized spacial score (nSPS) is 16.0. The van der Waals surface area contributed by atoms with Gasteiger partial charge in [-0.15, -0.1) is 0 Å². The van der Waals surface area contributed by atoms with Crippen molar-refractivity contribution in [3.63, 3.8) is 0 Å². The van der Waals surface area contributed by atoms with E-state index in [0.29, 0.717) is 24.9 Å². The maximum absolute atomic E-state index is 12.9. The number of carbonyl (C=O) groups is 1. The van der Waals surface area contributed by atoms with E-state index in [2.05, 4.69) is 5.32 Å². The van der Waals surface area contributed by atoms with Crippen LogP contribution in [0.1, 0.15) is 18.6 Å². The van der Waals surface area contributed by atoms with Crippen LogP contribution in [0.2, 0.25) is 0 Å². The van der Waals surface area contributed by atoms with Crippen molar-refractivity contribution in [3.8, 4) is 0 Å². The number of nitrogens with zero attached hydrogens (tertiary/aromatic N) is 1. The zero-order valence-electron chi connectivity index (χ0n) is 12.7. The average molecular weight is 314 g/mol. The zero-order valence-corrected chi connectivity index (χ0v) is 12.7. The van der Waals surface area contributed by atoms with Crippen LogP contribution in [0.25, 0.3) is 6.08 Å².